The van der Waals surface area contributed by atoms with Gasteiger partial charge in [-0.15, -0.1) is 11.3 Å². The van der Waals surface area contributed by atoms with Crippen LogP contribution in [0.2, 0.25) is 4.34 Å². The minimum absolute atomic E-state index is 0.496. The van der Waals surface area contributed by atoms with E-state index in [1.165, 1.54) is 11.3 Å². The quantitative estimate of drug-likeness (QED) is 0.783. The Morgan fingerprint density at radius 1 is 1.07 bits per heavy atom. The van der Waals surface area contributed by atoms with Gasteiger partial charge in [-0.1, -0.05) is 35.9 Å². The zero-order valence-electron chi connectivity index (χ0n) is 7.72. The third kappa shape index (κ3) is 2.24. The zero-order valence-corrected chi connectivity index (χ0v) is 9.29. The Morgan fingerprint density at radius 3 is 2.40 bits per heavy atom. The van der Waals surface area contributed by atoms with Crippen LogP contribution in [0.3, 0.4) is 0 Å². The van der Waals surface area contributed by atoms with E-state index >= 15 is 0 Å². The molecule has 1 heterocycles. The summed E-state index contributed by atoms with van der Waals surface area (Å²) in [5.41, 5.74) is 1.31. The summed E-state index contributed by atoms with van der Waals surface area (Å²) in [5.74, 6) is 0. The first-order chi connectivity index (χ1) is 7.18. The number of benzene rings is 1. The molecule has 0 saturated carbocycles. The van der Waals surface area contributed by atoms with Crippen molar-refractivity contribution in [1.82, 2.24) is 0 Å². The number of halogens is 1. The van der Waals surface area contributed by atoms with Gasteiger partial charge >= 0.3 is 7.12 Å². The second kappa shape index (κ2) is 4.37. The van der Waals surface area contributed by atoms with Gasteiger partial charge in [-0.05, 0) is 23.2 Å². The van der Waals surface area contributed by atoms with Gasteiger partial charge in [0, 0.05) is 4.88 Å². The van der Waals surface area contributed by atoms with E-state index in [-0.39, 0.29) is 0 Å². The lowest BCUT2D eigenvalue weighted by molar-refractivity contribution is 0.426. The molecule has 76 valence electrons. The van der Waals surface area contributed by atoms with E-state index in [0.717, 1.165) is 10.4 Å². The molecular weight excluding hydrogens is 230 g/mol. The van der Waals surface area contributed by atoms with Gasteiger partial charge in [0.1, 0.15) is 0 Å². The Bertz CT molecular complexity index is 470. The molecule has 0 saturated heterocycles. The highest BCUT2D eigenvalue weighted by Crippen LogP contribution is 2.29. The highest BCUT2D eigenvalue weighted by Gasteiger charge is 2.16. The smallest absolute Gasteiger partial charge is 0.423 e. The van der Waals surface area contributed by atoms with Gasteiger partial charge in [0.2, 0.25) is 0 Å². The SMILES string of the molecule is OB(O)c1ccccc1-c1ccc(Cl)s1. The van der Waals surface area contributed by atoms with Crippen LogP contribution in [-0.2, 0) is 0 Å². The average Bonchev–Trinajstić information content (AvgIpc) is 2.65. The van der Waals surface area contributed by atoms with E-state index in [1.54, 1.807) is 18.2 Å². The minimum Gasteiger partial charge on any atom is -0.423 e. The lowest BCUT2D eigenvalue weighted by Gasteiger charge is -2.05. The molecule has 0 unspecified atom stereocenters. The van der Waals surface area contributed by atoms with Crippen LogP contribution >= 0.6 is 22.9 Å². The van der Waals surface area contributed by atoms with Crippen molar-refractivity contribution in [3.05, 3.63) is 40.7 Å². The van der Waals surface area contributed by atoms with Crippen LogP contribution in [-0.4, -0.2) is 17.2 Å². The van der Waals surface area contributed by atoms with Crippen LogP contribution in [0.5, 0.6) is 0 Å². The van der Waals surface area contributed by atoms with Crippen molar-refractivity contribution in [3.8, 4) is 10.4 Å². The van der Waals surface area contributed by atoms with E-state index in [0.29, 0.717) is 9.80 Å². The van der Waals surface area contributed by atoms with Gasteiger partial charge in [0.05, 0.1) is 4.34 Å². The van der Waals surface area contributed by atoms with Crippen molar-refractivity contribution in [2.75, 3.05) is 0 Å². The maximum atomic E-state index is 9.20. The van der Waals surface area contributed by atoms with Gasteiger partial charge in [-0.3, -0.25) is 0 Å². The minimum atomic E-state index is -1.46. The Labute approximate surface area is 96.9 Å². The summed E-state index contributed by atoms with van der Waals surface area (Å²) < 4.78 is 0.687. The Morgan fingerprint density at radius 2 is 1.80 bits per heavy atom. The van der Waals surface area contributed by atoms with Crippen molar-refractivity contribution in [1.29, 1.82) is 0 Å². The van der Waals surface area contributed by atoms with Gasteiger partial charge in [0.25, 0.3) is 0 Å². The van der Waals surface area contributed by atoms with Crippen molar-refractivity contribution in [2.24, 2.45) is 0 Å². The molecular formula is C10H8BClO2S. The molecule has 1 aromatic carbocycles. The summed E-state index contributed by atoms with van der Waals surface area (Å²) in [5, 5.41) is 18.4. The molecule has 2 N–H and O–H groups in total. The van der Waals surface area contributed by atoms with E-state index in [2.05, 4.69) is 0 Å². The molecule has 1 aromatic heterocycles. The summed E-state index contributed by atoms with van der Waals surface area (Å²) >= 11 is 7.25. The van der Waals surface area contributed by atoms with Crippen LogP contribution in [0.25, 0.3) is 10.4 Å². The summed E-state index contributed by atoms with van der Waals surface area (Å²) in [7, 11) is -1.46. The van der Waals surface area contributed by atoms with Crippen molar-refractivity contribution in [2.45, 2.75) is 0 Å². The molecule has 0 radical (unpaired) electrons. The summed E-state index contributed by atoms with van der Waals surface area (Å²) in [6, 6.07) is 10.8. The van der Waals surface area contributed by atoms with E-state index in [1.807, 2.05) is 18.2 Å². The lowest BCUT2D eigenvalue weighted by atomic mass is 9.77. The Balaban J connectivity index is 2.52. The molecule has 0 aliphatic rings. The average molecular weight is 239 g/mol. The molecule has 0 aliphatic heterocycles. The lowest BCUT2D eigenvalue weighted by Crippen LogP contribution is -2.31. The Kier molecular flexibility index (Phi) is 3.12. The number of rotatable bonds is 2. The normalized spacial score (nSPS) is 10.3. The zero-order chi connectivity index (χ0) is 10.8. The number of hydrogen-bond donors (Lipinski definition) is 2. The standard InChI is InChI=1S/C10H8BClO2S/c12-10-6-5-9(15-10)7-3-1-2-4-8(7)11(13)14/h1-6,13-14H. The largest absolute Gasteiger partial charge is 0.489 e. The number of thiophene rings is 1. The molecule has 2 nitrogen and oxygen atoms in total. The molecule has 0 atom stereocenters. The third-order valence-electron chi connectivity index (χ3n) is 2.08. The van der Waals surface area contributed by atoms with E-state index < -0.39 is 7.12 Å². The summed E-state index contributed by atoms with van der Waals surface area (Å²) in [6.45, 7) is 0. The molecule has 0 bridgehead atoms. The topological polar surface area (TPSA) is 40.5 Å². The second-order valence-electron chi connectivity index (χ2n) is 3.06. The predicted molar refractivity (Wildman–Crippen MR) is 64.6 cm³/mol. The maximum absolute atomic E-state index is 9.20. The first-order valence-corrected chi connectivity index (χ1v) is 5.58. The highest BCUT2D eigenvalue weighted by atomic mass is 35.5. The van der Waals surface area contributed by atoms with Crippen LogP contribution in [0.15, 0.2) is 36.4 Å². The van der Waals surface area contributed by atoms with Gasteiger partial charge in [-0.25, -0.2) is 0 Å². The molecule has 2 rings (SSSR count). The molecule has 2 aromatic rings. The Hall–Kier alpha value is -0.805. The van der Waals surface area contributed by atoms with Crippen LogP contribution < -0.4 is 5.46 Å². The van der Waals surface area contributed by atoms with Crippen LogP contribution in [0.4, 0.5) is 0 Å². The summed E-state index contributed by atoms with van der Waals surface area (Å²) in [6.07, 6.45) is 0. The van der Waals surface area contributed by atoms with Gasteiger partial charge in [0.15, 0.2) is 0 Å². The van der Waals surface area contributed by atoms with Crippen LogP contribution in [0.1, 0.15) is 0 Å². The van der Waals surface area contributed by atoms with Crippen molar-refractivity contribution >= 4 is 35.5 Å². The first kappa shape index (κ1) is 10.7. The fourth-order valence-corrected chi connectivity index (χ4v) is 2.50. The fourth-order valence-electron chi connectivity index (χ4n) is 1.41. The van der Waals surface area contributed by atoms with Gasteiger partial charge in [-0.2, -0.15) is 0 Å². The molecule has 5 heteroatoms. The third-order valence-corrected chi connectivity index (χ3v) is 3.34. The van der Waals surface area contributed by atoms with Gasteiger partial charge < -0.3 is 10.0 Å². The van der Waals surface area contributed by atoms with E-state index in [4.69, 9.17) is 11.6 Å². The van der Waals surface area contributed by atoms with Crippen molar-refractivity contribution in [3.63, 3.8) is 0 Å². The molecule has 0 aliphatic carbocycles. The van der Waals surface area contributed by atoms with E-state index in [9.17, 15) is 10.0 Å². The monoisotopic (exact) mass is 238 g/mol. The predicted octanol–water partition coefficient (Wildman–Crippen LogP) is 1.75. The maximum Gasteiger partial charge on any atom is 0.489 e. The van der Waals surface area contributed by atoms with Crippen LogP contribution in [0, 0.1) is 0 Å². The molecule has 0 spiro atoms. The summed E-state index contributed by atoms with van der Waals surface area (Å²) in [4.78, 5) is 0.934. The molecule has 0 fully saturated rings. The van der Waals surface area contributed by atoms with Crippen molar-refractivity contribution < 1.29 is 10.0 Å². The first-order valence-electron chi connectivity index (χ1n) is 4.39. The molecule has 0 amide bonds. The second-order valence-corrected chi connectivity index (χ2v) is 4.78. The number of hydrogen-bond acceptors (Lipinski definition) is 3. The fraction of sp³-hybridized carbons (Fsp3) is 0. The molecule has 15 heavy (non-hydrogen) atoms. The highest BCUT2D eigenvalue weighted by molar-refractivity contribution is 7.19.